The lowest BCUT2D eigenvalue weighted by molar-refractivity contribution is 0.0591. The highest BCUT2D eigenvalue weighted by molar-refractivity contribution is 5.58. The van der Waals surface area contributed by atoms with Crippen molar-refractivity contribution in [1.29, 1.82) is 0 Å². The highest BCUT2D eigenvalue weighted by atomic mass is 16.7. The Morgan fingerprint density at radius 1 is 0.962 bits per heavy atom. The van der Waals surface area contributed by atoms with Gasteiger partial charge in [0.1, 0.15) is 0 Å². The second-order valence-electron chi connectivity index (χ2n) is 7.43. The summed E-state index contributed by atoms with van der Waals surface area (Å²) in [6, 6.07) is 8.27. The van der Waals surface area contributed by atoms with Gasteiger partial charge in [-0.25, -0.2) is 0 Å². The van der Waals surface area contributed by atoms with Crippen molar-refractivity contribution in [1.82, 2.24) is 4.90 Å². The fraction of sp³-hybridized carbons (Fsp3) is 0.400. The van der Waals surface area contributed by atoms with Crippen LogP contribution in [-0.2, 0) is 13.0 Å². The summed E-state index contributed by atoms with van der Waals surface area (Å²) in [5.74, 6) is 3.19. The molecule has 3 atom stereocenters. The zero-order chi connectivity index (χ0) is 17.4. The van der Waals surface area contributed by atoms with E-state index in [0.717, 1.165) is 46.2 Å². The summed E-state index contributed by atoms with van der Waals surface area (Å²) in [5, 5.41) is 11.0. The van der Waals surface area contributed by atoms with Crippen LogP contribution < -0.4 is 18.9 Å². The number of hydrogen-bond acceptors (Lipinski definition) is 6. The van der Waals surface area contributed by atoms with Gasteiger partial charge in [0.2, 0.25) is 13.6 Å². The van der Waals surface area contributed by atoms with Gasteiger partial charge >= 0.3 is 0 Å². The quantitative estimate of drug-likeness (QED) is 0.784. The van der Waals surface area contributed by atoms with E-state index in [1.54, 1.807) is 0 Å². The molecule has 3 heterocycles. The maximum absolute atomic E-state index is 11.0. The lowest BCUT2D eigenvalue weighted by atomic mass is 9.70. The van der Waals surface area contributed by atoms with Crippen molar-refractivity contribution in [2.45, 2.75) is 31.0 Å². The van der Waals surface area contributed by atoms with Crippen molar-refractivity contribution in [3.8, 4) is 23.0 Å². The zero-order valence-corrected chi connectivity index (χ0v) is 14.4. The number of likely N-dealkylation sites (N-methyl/N-ethyl adjacent to an activating group) is 1. The van der Waals surface area contributed by atoms with Crippen molar-refractivity contribution in [2.75, 3.05) is 20.6 Å². The molecule has 6 rings (SSSR count). The maximum atomic E-state index is 11.0. The standard InChI is InChI=1S/C20H19NO5/c1-21-7-13-11(2-3-15-20(13)26-9-23-15)18-14(22)4-10-5-16-17(25-8-24-16)6-12(10)19(18)21/h2-3,5-6,14,18-19,22H,4,7-9H2,1H3/t14?,18-,19+/m1/s1. The number of rotatable bonds is 0. The Morgan fingerprint density at radius 2 is 1.73 bits per heavy atom. The third kappa shape index (κ3) is 1.83. The maximum Gasteiger partial charge on any atom is 0.231 e. The summed E-state index contributed by atoms with van der Waals surface area (Å²) in [7, 11) is 2.10. The first-order valence-corrected chi connectivity index (χ1v) is 8.93. The van der Waals surface area contributed by atoms with Crippen molar-refractivity contribution in [3.05, 3.63) is 46.5 Å². The molecule has 0 aromatic heterocycles. The van der Waals surface area contributed by atoms with Gasteiger partial charge in [0, 0.05) is 24.1 Å². The molecule has 1 unspecified atom stereocenters. The van der Waals surface area contributed by atoms with E-state index in [9.17, 15) is 5.11 Å². The van der Waals surface area contributed by atoms with Crippen LogP contribution in [0.4, 0.5) is 0 Å². The van der Waals surface area contributed by atoms with Gasteiger partial charge in [0.15, 0.2) is 23.0 Å². The monoisotopic (exact) mass is 353 g/mol. The van der Waals surface area contributed by atoms with Crippen LogP contribution in [0.5, 0.6) is 23.0 Å². The van der Waals surface area contributed by atoms with Gasteiger partial charge in [-0.05, 0) is 48.4 Å². The third-order valence-electron chi connectivity index (χ3n) is 6.06. The van der Waals surface area contributed by atoms with Gasteiger partial charge in [0.25, 0.3) is 0 Å². The minimum Gasteiger partial charge on any atom is -0.454 e. The second kappa shape index (κ2) is 5.05. The number of benzene rings is 2. The molecule has 1 aliphatic carbocycles. The van der Waals surface area contributed by atoms with E-state index in [1.807, 2.05) is 12.1 Å². The summed E-state index contributed by atoms with van der Waals surface area (Å²) in [6.45, 7) is 1.28. The van der Waals surface area contributed by atoms with Gasteiger partial charge in [-0.15, -0.1) is 0 Å². The average molecular weight is 353 g/mol. The van der Waals surface area contributed by atoms with Crippen LogP contribution in [-0.4, -0.2) is 36.7 Å². The Hall–Kier alpha value is -2.44. The van der Waals surface area contributed by atoms with E-state index in [0.29, 0.717) is 6.42 Å². The Balaban J connectivity index is 1.53. The normalized spacial score (nSPS) is 27.7. The summed E-state index contributed by atoms with van der Waals surface area (Å²) in [6.07, 6.45) is 0.143. The molecular formula is C20H19NO5. The van der Waals surface area contributed by atoms with Crippen LogP contribution in [0.1, 0.15) is 34.2 Å². The van der Waals surface area contributed by atoms with E-state index in [2.05, 4.69) is 24.1 Å². The van der Waals surface area contributed by atoms with Gasteiger partial charge in [0.05, 0.1) is 6.10 Å². The average Bonchev–Trinajstić information content (AvgIpc) is 3.28. The lowest BCUT2D eigenvalue weighted by Crippen LogP contribution is -2.43. The molecule has 6 heteroatoms. The Labute approximate surface area is 150 Å². The van der Waals surface area contributed by atoms with Crippen LogP contribution in [0.25, 0.3) is 0 Å². The number of aliphatic hydroxyl groups is 1. The van der Waals surface area contributed by atoms with E-state index in [-0.39, 0.29) is 25.5 Å². The van der Waals surface area contributed by atoms with E-state index < -0.39 is 6.10 Å². The lowest BCUT2D eigenvalue weighted by Gasteiger charge is -2.46. The molecule has 2 aromatic carbocycles. The van der Waals surface area contributed by atoms with Gasteiger partial charge < -0.3 is 24.1 Å². The van der Waals surface area contributed by atoms with Gasteiger partial charge in [-0.1, -0.05) is 6.07 Å². The molecule has 6 nitrogen and oxygen atoms in total. The number of aliphatic hydroxyl groups excluding tert-OH is 1. The molecule has 0 fully saturated rings. The highest BCUT2D eigenvalue weighted by Crippen LogP contribution is 2.54. The smallest absolute Gasteiger partial charge is 0.231 e. The predicted molar refractivity (Wildman–Crippen MR) is 91.8 cm³/mol. The fourth-order valence-corrected chi connectivity index (χ4v) is 4.97. The molecule has 4 aliphatic rings. The highest BCUT2D eigenvalue weighted by Gasteiger charge is 2.45. The first-order chi connectivity index (χ1) is 12.7. The number of nitrogens with zero attached hydrogens (tertiary/aromatic N) is 1. The van der Waals surface area contributed by atoms with E-state index >= 15 is 0 Å². The van der Waals surface area contributed by atoms with Gasteiger partial charge in [-0.3, -0.25) is 4.90 Å². The number of ether oxygens (including phenoxy) is 4. The molecule has 2 aromatic rings. The Bertz CT molecular complexity index is 925. The molecular weight excluding hydrogens is 334 g/mol. The molecule has 0 radical (unpaired) electrons. The van der Waals surface area contributed by atoms with Gasteiger partial charge in [-0.2, -0.15) is 0 Å². The first kappa shape index (κ1) is 14.7. The minimum atomic E-state index is -0.463. The minimum absolute atomic E-state index is 0.00822. The molecule has 0 saturated carbocycles. The van der Waals surface area contributed by atoms with Crippen molar-refractivity contribution >= 4 is 0 Å². The van der Waals surface area contributed by atoms with Crippen LogP contribution in [0.15, 0.2) is 24.3 Å². The number of fused-ring (bicyclic) bond motifs is 8. The third-order valence-corrected chi connectivity index (χ3v) is 6.06. The predicted octanol–water partition coefficient (Wildman–Crippen LogP) is 2.33. The van der Waals surface area contributed by atoms with Crippen LogP contribution in [0.2, 0.25) is 0 Å². The van der Waals surface area contributed by atoms with E-state index in [1.165, 1.54) is 5.56 Å². The summed E-state index contributed by atoms with van der Waals surface area (Å²) in [5.41, 5.74) is 4.65. The molecule has 134 valence electrons. The summed E-state index contributed by atoms with van der Waals surface area (Å²) < 4.78 is 22.4. The molecule has 0 spiro atoms. The van der Waals surface area contributed by atoms with Crippen LogP contribution in [0.3, 0.4) is 0 Å². The van der Waals surface area contributed by atoms with Crippen molar-refractivity contribution < 1.29 is 24.1 Å². The molecule has 1 N–H and O–H groups in total. The van der Waals surface area contributed by atoms with Crippen LogP contribution >= 0.6 is 0 Å². The fourth-order valence-electron chi connectivity index (χ4n) is 4.97. The largest absolute Gasteiger partial charge is 0.454 e. The molecule has 0 saturated heterocycles. The SMILES string of the molecule is CN1Cc2c(ccc3c2OCO3)[C@@H]2C(O)Cc3cc4c(cc3[C@@H]21)OCO4. The second-order valence-corrected chi connectivity index (χ2v) is 7.43. The zero-order valence-electron chi connectivity index (χ0n) is 14.4. The topological polar surface area (TPSA) is 60.4 Å². The first-order valence-electron chi connectivity index (χ1n) is 8.93. The molecule has 26 heavy (non-hydrogen) atoms. The molecule has 3 aliphatic heterocycles. The van der Waals surface area contributed by atoms with Crippen molar-refractivity contribution in [2.24, 2.45) is 0 Å². The van der Waals surface area contributed by atoms with Crippen LogP contribution in [0, 0.1) is 0 Å². The molecule has 0 bridgehead atoms. The number of hydrogen-bond donors (Lipinski definition) is 1. The molecule has 0 amide bonds. The Kier molecular flexibility index (Phi) is 2.86. The summed E-state index contributed by atoms with van der Waals surface area (Å²) >= 11 is 0. The van der Waals surface area contributed by atoms with Crippen molar-refractivity contribution in [3.63, 3.8) is 0 Å². The summed E-state index contributed by atoms with van der Waals surface area (Å²) in [4.78, 5) is 2.29. The Morgan fingerprint density at radius 3 is 2.62 bits per heavy atom. The van der Waals surface area contributed by atoms with E-state index in [4.69, 9.17) is 18.9 Å².